The van der Waals surface area contributed by atoms with Gasteiger partial charge in [-0.3, -0.25) is 0 Å². The van der Waals surface area contributed by atoms with Crippen molar-refractivity contribution in [1.82, 2.24) is 9.88 Å². The summed E-state index contributed by atoms with van der Waals surface area (Å²) in [5, 5.41) is 1.35. The van der Waals surface area contributed by atoms with E-state index in [-0.39, 0.29) is 0 Å². The van der Waals surface area contributed by atoms with Crippen molar-refractivity contribution in [2.45, 2.75) is 32.6 Å². The highest BCUT2D eigenvalue weighted by atomic mass is 32.1. The van der Waals surface area contributed by atoms with Crippen LogP contribution in [0.5, 0.6) is 0 Å². The van der Waals surface area contributed by atoms with E-state index in [4.69, 9.17) is 0 Å². The monoisotopic (exact) mass is 210 g/mol. The summed E-state index contributed by atoms with van der Waals surface area (Å²) in [5.74, 6) is 0.686. The van der Waals surface area contributed by atoms with E-state index < -0.39 is 0 Å². The minimum atomic E-state index is 0.686. The number of likely N-dealkylation sites (tertiary alicyclic amines) is 1. The smallest absolute Gasteiger partial charge is 0.0974 e. The molecule has 0 N–H and O–H groups in total. The zero-order valence-electron chi connectivity index (χ0n) is 9.21. The Morgan fingerprint density at radius 2 is 2.21 bits per heavy atom. The highest BCUT2D eigenvalue weighted by molar-refractivity contribution is 7.11. The molecule has 1 aliphatic heterocycles. The third-order valence-corrected chi connectivity index (χ3v) is 4.25. The quantitative estimate of drug-likeness (QED) is 0.708. The van der Waals surface area contributed by atoms with Gasteiger partial charge < -0.3 is 4.90 Å². The minimum absolute atomic E-state index is 0.686. The van der Waals surface area contributed by atoms with E-state index in [0.717, 1.165) is 0 Å². The second-order valence-corrected chi connectivity index (χ2v) is 5.53. The van der Waals surface area contributed by atoms with Gasteiger partial charge in [0, 0.05) is 17.3 Å². The normalized spacial score (nSPS) is 24.1. The number of likely N-dealkylation sites (N-methyl/N-ethyl adjacent to an activating group) is 1. The summed E-state index contributed by atoms with van der Waals surface area (Å²) in [4.78, 5) is 8.46. The molecule has 1 unspecified atom stereocenters. The second-order valence-electron chi connectivity index (χ2n) is 4.30. The van der Waals surface area contributed by atoms with E-state index in [0.29, 0.717) is 5.92 Å². The van der Waals surface area contributed by atoms with Gasteiger partial charge in [0.15, 0.2) is 0 Å². The number of thiazole rings is 1. The Hall–Kier alpha value is -0.410. The standard InChI is InChI=1S/C11H18N2S/c1-8-9(2)14-11(12-8)10-5-4-6-13(3)7-10/h10H,4-7H2,1-3H3. The first-order valence-corrected chi connectivity index (χ1v) is 6.11. The zero-order chi connectivity index (χ0) is 10.1. The fourth-order valence-electron chi connectivity index (χ4n) is 2.04. The molecule has 0 amide bonds. The number of piperidine rings is 1. The van der Waals surface area contributed by atoms with Gasteiger partial charge in [0.05, 0.1) is 10.7 Å². The van der Waals surface area contributed by atoms with E-state index >= 15 is 0 Å². The molecule has 2 nitrogen and oxygen atoms in total. The minimum Gasteiger partial charge on any atom is -0.306 e. The molecule has 2 heterocycles. The molecule has 0 saturated carbocycles. The summed E-state index contributed by atoms with van der Waals surface area (Å²) in [6, 6.07) is 0. The first-order valence-electron chi connectivity index (χ1n) is 5.29. The van der Waals surface area contributed by atoms with Crippen LogP contribution in [0.1, 0.15) is 34.3 Å². The number of hydrogen-bond donors (Lipinski definition) is 0. The summed E-state index contributed by atoms with van der Waals surface area (Å²) in [5.41, 5.74) is 1.22. The van der Waals surface area contributed by atoms with Crippen LogP contribution in [0.15, 0.2) is 0 Å². The predicted octanol–water partition coefficient (Wildman–Crippen LogP) is 2.57. The lowest BCUT2D eigenvalue weighted by Gasteiger charge is -2.28. The van der Waals surface area contributed by atoms with Gasteiger partial charge in [0.2, 0.25) is 0 Å². The summed E-state index contributed by atoms with van der Waals surface area (Å²) in [7, 11) is 2.21. The molecule has 0 radical (unpaired) electrons. The van der Waals surface area contributed by atoms with Gasteiger partial charge >= 0.3 is 0 Å². The van der Waals surface area contributed by atoms with Crippen LogP contribution < -0.4 is 0 Å². The van der Waals surface area contributed by atoms with Gasteiger partial charge in [-0.25, -0.2) is 4.98 Å². The number of hydrogen-bond acceptors (Lipinski definition) is 3. The molecule has 1 aromatic rings. The van der Waals surface area contributed by atoms with Crippen molar-refractivity contribution in [3.05, 3.63) is 15.6 Å². The van der Waals surface area contributed by atoms with Crippen molar-refractivity contribution < 1.29 is 0 Å². The Morgan fingerprint density at radius 1 is 1.43 bits per heavy atom. The molecule has 78 valence electrons. The van der Waals surface area contributed by atoms with Crippen LogP contribution in [0, 0.1) is 13.8 Å². The highest BCUT2D eigenvalue weighted by Gasteiger charge is 2.21. The maximum absolute atomic E-state index is 4.66. The first-order chi connectivity index (χ1) is 6.66. The molecule has 0 aromatic carbocycles. The summed E-state index contributed by atoms with van der Waals surface area (Å²) < 4.78 is 0. The molecule has 1 aromatic heterocycles. The maximum atomic E-state index is 4.66. The van der Waals surface area contributed by atoms with Gasteiger partial charge in [-0.05, 0) is 40.3 Å². The van der Waals surface area contributed by atoms with Crippen molar-refractivity contribution in [3.63, 3.8) is 0 Å². The van der Waals surface area contributed by atoms with Gasteiger partial charge in [0.1, 0.15) is 0 Å². The Morgan fingerprint density at radius 3 is 2.79 bits per heavy atom. The van der Waals surface area contributed by atoms with Gasteiger partial charge in [-0.1, -0.05) is 0 Å². The molecule has 14 heavy (non-hydrogen) atoms. The van der Waals surface area contributed by atoms with Gasteiger partial charge in [-0.2, -0.15) is 0 Å². The first kappa shape index (κ1) is 10.1. The van der Waals surface area contributed by atoms with Crippen LogP contribution in [0.3, 0.4) is 0 Å². The number of aryl methyl sites for hydroxylation is 2. The second kappa shape index (κ2) is 3.99. The van der Waals surface area contributed by atoms with Crippen molar-refractivity contribution in [2.75, 3.05) is 20.1 Å². The van der Waals surface area contributed by atoms with Crippen LogP contribution in [-0.4, -0.2) is 30.0 Å². The van der Waals surface area contributed by atoms with E-state index in [1.807, 2.05) is 11.3 Å². The van der Waals surface area contributed by atoms with Crippen LogP contribution in [-0.2, 0) is 0 Å². The third kappa shape index (κ3) is 1.98. The molecular weight excluding hydrogens is 192 g/mol. The van der Waals surface area contributed by atoms with E-state index in [2.05, 4.69) is 30.8 Å². The lowest BCUT2D eigenvalue weighted by Crippen LogP contribution is -2.30. The Bertz CT molecular complexity index is 300. The van der Waals surface area contributed by atoms with Crippen LogP contribution >= 0.6 is 11.3 Å². The molecule has 0 bridgehead atoms. The van der Waals surface area contributed by atoms with E-state index in [1.54, 1.807) is 0 Å². The molecule has 0 aliphatic carbocycles. The molecular formula is C11H18N2S. The highest BCUT2D eigenvalue weighted by Crippen LogP contribution is 2.30. The summed E-state index contributed by atoms with van der Waals surface area (Å²) in [6.45, 7) is 6.72. The van der Waals surface area contributed by atoms with Crippen molar-refractivity contribution in [1.29, 1.82) is 0 Å². The van der Waals surface area contributed by atoms with E-state index in [1.165, 1.54) is 41.5 Å². The lowest BCUT2D eigenvalue weighted by molar-refractivity contribution is 0.250. The molecule has 1 fully saturated rings. The number of nitrogens with zero attached hydrogens (tertiary/aromatic N) is 2. The average Bonchev–Trinajstić information content (AvgIpc) is 2.47. The molecule has 1 aliphatic rings. The van der Waals surface area contributed by atoms with E-state index in [9.17, 15) is 0 Å². The average molecular weight is 210 g/mol. The zero-order valence-corrected chi connectivity index (χ0v) is 10.0. The van der Waals surface area contributed by atoms with Gasteiger partial charge in [0.25, 0.3) is 0 Å². The summed E-state index contributed by atoms with van der Waals surface area (Å²) >= 11 is 1.89. The molecule has 3 heteroatoms. The molecule has 1 atom stereocenters. The topological polar surface area (TPSA) is 16.1 Å². The van der Waals surface area contributed by atoms with Crippen LogP contribution in [0.25, 0.3) is 0 Å². The maximum Gasteiger partial charge on any atom is 0.0974 e. The summed E-state index contributed by atoms with van der Waals surface area (Å²) in [6.07, 6.45) is 2.63. The fourth-order valence-corrected chi connectivity index (χ4v) is 3.09. The largest absolute Gasteiger partial charge is 0.306 e. The molecule has 0 spiro atoms. The van der Waals surface area contributed by atoms with Crippen molar-refractivity contribution in [3.8, 4) is 0 Å². The predicted molar refractivity (Wildman–Crippen MR) is 61.1 cm³/mol. The Kier molecular flexibility index (Phi) is 2.88. The fraction of sp³-hybridized carbons (Fsp3) is 0.727. The van der Waals surface area contributed by atoms with Gasteiger partial charge in [-0.15, -0.1) is 11.3 Å². The van der Waals surface area contributed by atoms with Crippen molar-refractivity contribution in [2.24, 2.45) is 0 Å². The number of aromatic nitrogens is 1. The lowest BCUT2D eigenvalue weighted by atomic mass is 9.99. The Balaban J connectivity index is 2.14. The molecule has 1 saturated heterocycles. The van der Waals surface area contributed by atoms with Crippen LogP contribution in [0.4, 0.5) is 0 Å². The van der Waals surface area contributed by atoms with Crippen molar-refractivity contribution >= 4 is 11.3 Å². The molecule has 2 rings (SSSR count). The van der Waals surface area contributed by atoms with Crippen LogP contribution in [0.2, 0.25) is 0 Å². The Labute approximate surface area is 90.0 Å². The number of rotatable bonds is 1. The SMILES string of the molecule is Cc1nc(C2CCCN(C)C2)sc1C. The third-order valence-electron chi connectivity index (χ3n) is 3.02.